The average Bonchev–Trinajstić information content (AvgIpc) is 3.33. The molecule has 1 amide bonds. The Balaban J connectivity index is 1.57. The number of hydrogen-bond acceptors (Lipinski definition) is 4. The van der Waals surface area contributed by atoms with Gasteiger partial charge in [-0.1, -0.05) is 11.6 Å². The number of amides is 1. The molecule has 0 spiro atoms. The highest BCUT2D eigenvalue weighted by atomic mass is 35.5. The van der Waals surface area contributed by atoms with Crippen LogP contribution in [0.15, 0.2) is 55.0 Å². The lowest BCUT2D eigenvalue weighted by molar-refractivity contribution is 0.130. The molecule has 30 heavy (non-hydrogen) atoms. The lowest BCUT2D eigenvalue weighted by atomic mass is 9.99. The van der Waals surface area contributed by atoms with Gasteiger partial charge in [-0.3, -0.25) is 4.90 Å². The monoisotopic (exact) mass is 432 g/mol. The van der Waals surface area contributed by atoms with Gasteiger partial charge in [0, 0.05) is 48.2 Å². The highest BCUT2D eigenvalue weighted by Gasteiger charge is 2.43. The zero-order chi connectivity index (χ0) is 21.1. The van der Waals surface area contributed by atoms with Crippen molar-refractivity contribution in [3.63, 3.8) is 0 Å². The van der Waals surface area contributed by atoms with Crippen molar-refractivity contribution in [1.82, 2.24) is 15.3 Å². The molecular weight excluding hydrogens is 414 g/mol. The SMILES string of the molecule is O=C1O[C@@H](CNCCc2cnc[nH]2)[C@H](c2cc(F)cc(F)c2)N1c1ccc(Cl)cc1. The molecule has 0 bridgehead atoms. The Hall–Kier alpha value is -2.97. The van der Waals surface area contributed by atoms with Crippen LogP contribution >= 0.6 is 11.6 Å². The Morgan fingerprint density at radius 1 is 1.17 bits per heavy atom. The molecule has 1 aliphatic heterocycles. The van der Waals surface area contributed by atoms with Gasteiger partial charge in [0.05, 0.1) is 6.33 Å². The molecule has 1 fully saturated rings. The molecule has 0 saturated carbocycles. The van der Waals surface area contributed by atoms with Crippen LogP contribution in [0.25, 0.3) is 0 Å². The molecule has 0 radical (unpaired) electrons. The summed E-state index contributed by atoms with van der Waals surface area (Å²) in [5.41, 5.74) is 1.81. The Morgan fingerprint density at radius 2 is 1.90 bits per heavy atom. The summed E-state index contributed by atoms with van der Waals surface area (Å²) in [6.07, 6.45) is 2.81. The minimum absolute atomic E-state index is 0.312. The second-order valence-corrected chi connectivity index (χ2v) is 7.38. The molecule has 0 aliphatic carbocycles. The maximum absolute atomic E-state index is 13.9. The van der Waals surface area contributed by atoms with Crippen LogP contribution in [-0.4, -0.2) is 35.3 Å². The van der Waals surface area contributed by atoms with Gasteiger partial charge in [-0.2, -0.15) is 0 Å². The van der Waals surface area contributed by atoms with E-state index >= 15 is 0 Å². The highest BCUT2D eigenvalue weighted by molar-refractivity contribution is 6.30. The molecule has 4 rings (SSSR count). The zero-order valence-electron chi connectivity index (χ0n) is 15.8. The quantitative estimate of drug-likeness (QED) is 0.548. The van der Waals surface area contributed by atoms with Crippen LogP contribution in [0.4, 0.5) is 19.3 Å². The van der Waals surface area contributed by atoms with Gasteiger partial charge in [0.25, 0.3) is 0 Å². The number of H-pyrrole nitrogens is 1. The molecule has 1 aromatic heterocycles. The van der Waals surface area contributed by atoms with Crippen LogP contribution in [0.1, 0.15) is 17.3 Å². The molecule has 2 heterocycles. The number of anilines is 1. The first-order valence-electron chi connectivity index (χ1n) is 9.40. The number of cyclic esters (lactones) is 1. The molecule has 0 unspecified atom stereocenters. The summed E-state index contributed by atoms with van der Waals surface area (Å²) < 4.78 is 33.4. The average molecular weight is 433 g/mol. The van der Waals surface area contributed by atoms with Crippen molar-refractivity contribution in [3.8, 4) is 0 Å². The minimum Gasteiger partial charge on any atom is -0.442 e. The van der Waals surface area contributed by atoms with Crippen molar-refractivity contribution in [1.29, 1.82) is 0 Å². The number of carbonyl (C=O) groups is 1. The van der Waals surface area contributed by atoms with E-state index in [1.54, 1.807) is 36.8 Å². The number of rotatable bonds is 7. The van der Waals surface area contributed by atoms with Crippen LogP contribution in [-0.2, 0) is 11.2 Å². The lowest BCUT2D eigenvalue weighted by Crippen LogP contribution is -2.35. The number of imidazole rings is 1. The number of nitrogens with one attached hydrogen (secondary N) is 2. The van der Waals surface area contributed by atoms with Crippen LogP contribution in [0, 0.1) is 11.6 Å². The molecule has 156 valence electrons. The fourth-order valence-corrected chi connectivity index (χ4v) is 3.68. The van der Waals surface area contributed by atoms with E-state index in [4.69, 9.17) is 16.3 Å². The third-order valence-corrected chi connectivity index (χ3v) is 5.13. The normalized spacial score (nSPS) is 18.6. The number of halogens is 3. The van der Waals surface area contributed by atoms with Crippen LogP contribution in [0.2, 0.25) is 5.02 Å². The molecule has 2 N–H and O–H groups in total. The summed E-state index contributed by atoms with van der Waals surface area (Å²) in [5.74, 6) is -1.43. The Labute approximate surface area is 176 Å². The van der Waals surface area contributed by atoms with E-state index in [1.165, 1.54) is 17.0 Å². The second kappa shape index (κ2) is 8.81. The first-order valence-corrected chi connectivity index (χ1v) is 9.78. The molecule has 1 saturated heterocycles. The van der Waals surface area contributed by atoms with Gasteiger partial charge in [-0.15, -0.1) is 0 Å². The van der Waals surface area contributed by atoms with Crippen LogP contribution < -0.4 is 10.2 Å². The van der Waals surface area contributed by atoms with Crippen LogP contribution in [0.3, 0.4) is 0 Å². The number of ether oxygens (including phenoxy) is 1. The highest BCUT2D eigenvalue weighted by Crippen LogP contribution is 2.38. The molecule has 3 aromatic rings. The predicted octanol–water partition coefficient (Wildman–Crippen LogP) is 4.24. The van der Waals surface area contributed by atoms with E-state index in [-0.39, 0.29) is 0 Å². The van der Waals surface area contributed by atoms with E-state index in [9.17, 15) is 13.6 Å². The van der Waals surface area contributed by atoms with Crippen LogP contribution in [0.5, 0.6) is 0 Å². The van der Waals surface area contributed by atoms with Gasteiger partial charge in [0.2, 0.25) is 0 Å². The number of aromatic amines is 1. The van der Waals surface area contributed by atoms with Crippen molar-refractivity contribution in [2.45, 2.75) is 18.6 Å². The minimum atomic E-state index is -0.716. The summed E-state index contributed by atoms with van der Waals surface area (Å²) in [7, 11) is 0. The van der Waals surface area contributed by atoms with Crippen molar-refractivity contribution in [2.24, 2.45) is 0 Å². The third-order valence-electron chi connectivity index (χ3n) is 4.88. The number of hydrogen-bond donors (Lipinski definition) is 2. The van der Waals surface area contributed by atoms with Crippen molar-refractivity contribution >= 4 is 23.4 Å². The predicted molar refractivity (Wildman–Crippen MR) is 108 cm³/mol. The Kier molecular flexibility index (Phi) is 5.96. The maximum atomic E-state index is 13.9. The van der Waals surface area contributed by atoms with Crippen molar-refractivity contribution in [3.05, 3.63) is 82.9 Å². The van der Waals surface area contributed by atoms with E-state index in [2.05, 4.69) is 15.3 Å². The second-order valence-electron chi connectivity index (χ2n) is 6.95. The Morgan fingerprint density at radius 3 is 2.57 bits per heavy atom. The summed E-state index contributed by atoms with van der Waals surface area (Å²) in [6.45, 7) is 0.925. The fourth-order valence-electron chi connectivity index (χ4n) is 3.55. The van der Waals surface area contributed by atoms with Gasteiger partial charge in [0.1, 0.15) is 23.8 Å². The van der Waals surface area contributed by atoms with Crippen molar-refractivity contribution in [2.75, 3.05) is 18.0 Å². The topological polar surface area (TPSA) is 70.2 Å². The number of benzene rings is 2. The summed E-state index contributed by atoms with van der Waals surface area (Å²) in [5, 5.41) is 3.75. The van der Waals surface area contributed by atoms with E-state index in [0.29, 0.717) is 35.8 Å². The summed E-state index contributed by atoms with van der Waals surface area (Å²) in [4.78, 5) is 21.1. The molecule has 6 nitrogen and oxygen atoms in total. The van der Waals surface area contributed by atoms with E-state index in [1.807, 2.05) is 0 Å². The van der Waals surface area contributed by atoms with E-state index in [0.717, 1.165) is 11.8 Å². The molecule has 9 heteroatoms. The fraction of sp³-hybridized carbons (Fsp3) is 0.238. The third kappa shape index (κ3) is 4.44. The van der Waals surface area contributed by atoms with Gasteiger partial charge in [-0.05, 0) is 42.0 Å². The lowest BCUT2D eigenvalue weighted by Gasteiger charge is -2.25. The summed E-state index contributed by atoms with van der Waals surface area (Å²) in [6, 6.07) is 9.15. The van der Waals surface area contributed by atoms with Gasteiger partial charge >= 0.3 is 6.09 Å². The molecule has 2 aromatic carbocycles. The van der Waals surface area contributed by atoms with Crippen molar-refractivity contribution < 1.29 is 18.3 Å². The van der Waals surface area contributed by atoms with Gasteiger partial charge in [0.15, 0.2) is 0 Å². The van der Waals surface area contributed by atoms with E-state index < -0.39 is 29.9 Å². The smallest absolute Gasteiger partial charge is 0.415 e. The number of nitrogens with zero attached hydrogens (tertiary/aromatic N) is 2. The maximum Gasteiger partial charge on any atom is 0.415 e. The summed E-state index contributed by atoms with van der Waals surface area (Å²) >= 11 is 5.95. The molecular formula is C21H19ClF2N4O2. The number of aromatic nitrogens is 2. The van der Waals surface area contributed by atoms with Gasteiger partial charge < -0.3 is 15.0 Å². The molecule has 1 aliphatic rings. The first-order chi connectivity index (χ1) is 14.5. The molecule has 2 atom stereocenters. The standard InChI is InChI=1S/C21H19ClF2N4O2/c22-14-1-3-18(4-2-14)28-20(13-7-15(23)9-16(24)8-13)19(30-21(28)29)11-25-6-5-17-10-26-12-27-17/h1-4,7-10,12,19-20,25H,5-6,11H2,(H,26,27)/t19-,20-/m0/s1. The number of carbonyl (C=O) groups excluding carboxylic acids is 1. The zero-order valence-corrected chi connectivity index (χ0v) is 16.6. The first kappa shape index (κ1) is 20.3. The van der Waals surface area contributed by atoms with Gasteiger partial charge in [-0.25, -0.2) is 18.6 Å². The Bertz CT molecular complexity index is 994. The largest absolute Gasteiger partial charge is 0.442 e.